The van der Waals surface area contributed by atoms with Gasteiger partial charge in [0.1, 0.15) is 6.54 Å². The number of aromatic nitrogens is 1. The van der Waals surface area contributed by atoms with E-state index in [1.807, 2.05) is 26.8 Å². The van der Waals surface area contributed by atoms with Gasteiger partial charge in [0, 0.05) is 24.7 Å². The zero-order valence-corrected chi connectivity index (χ0v) is 11.6. The van der Waals surface area contributed by atoms with Crippen LogP contribution in [-0.2, 0) is 9.59 Å². The van der Waals surface area contributed by atoms with Crippen LogP contribution in [0.3, 0.4) is 0 Å². The first kappa shape index (κ1) is 13.5. The van der Waals surface area contributed by atoms with Gasteiger partial charge in [0.25, 0.3) is 0 Å². The smallest absolute Gasteiger partial charge is 0.246 e. The van der Waals surface area contributed by atoms with Crippen LogP contribution in [0.4, 0.5) is 5.69 Å². The maximum Gasteiger partial charge on any atom is 0.246 e. The van der Waals surface area contributed by atoms with Crippen molar-refractivity contribution in [1.29, 1.82) is 0 Å². The summed E-state index contributed by atoms with van der Waals surface area (Å²) in [6.07, 6.45) is 3.34. The Morgan fingerprint density at radius 3 is 2.58 bits per heavy atom. The summed E-state index contributed by atoms with van der Waals surface area (Å²) < 4.78 is 0. The van der Waals surface area contributed by atoms with Crippen molar-refractivity contribution in [3.05, 3.63) is 24.5 Å². The van der Waals surface area contributed by atoms with Crippen LogP contribution in [0.15, 0.2) is 24.5 Å². The van der Waals surface area contributed by atoms with Gasteiger partial charge in [-0.05, 0) is 12.1 Å². The van der Waals surface area contributed by atoms with Crippen molar-refractivity contribution < 1.29 is 9.59 Å². The number of hydrogen-bond donors (Lipinski definition) is 0. The molecule has 5 heteroatoms. The molecule has 0 spiro atoms. The molecule has 2 amide bonds. The minimum atomic E-state index is -0.448. The zero-order chi connectivity index (χ0) is 14.0. The first-order chi connectivity index (χ1) is 8.89. The number of anilines is 1. The first-order valence-corrected chi connectivity index (χ1v) is 6.39. The second-order valence-electron chi connectivity index (χ2n) is 5.73. The van der Waals surface area contributed by atoms with E-state index in [1.165, 1.54) is 0 Å². The minimum absolute atomic E-state index is 0.0201. The largest absolute Gasteiger partial charge is 0.331 e. The van der Waals surface area contributed by atoms with Gasteiger partial charge in [0.2, 0.25) is 11.8 Å². The highest BCUT2D eigenvalue weighted by Gasteiger charge is 2.33. The van der Waals surface area contributed by atoms with E-state index < -0.39 is 5.41 Å². The zero-order valence-electron chi connectivity index (χ0n) is 11.6. The maximum atomic E-state index is 12.2. The number of carbonyl (C=O) groups is 2. The van der Waals surface area contributed by atoms with Crippen LogP contribution >= 0.6 is 0 Å². The lowest BCUT2D eigenvalue weighted by Gasteiger charge is -2.37. The van der Waals surface area contributed by atoms with Crippen LogP contribution in [0.2, 0.25) is 0 Å². The molecule has 1 aliphatic heterocycles. The van der Waals surface area contributed by atoms with Gasteiger partial charge in [-0.25, -0.2) is 0 Å². The van der Waals surface area contributed by atoms with Gasteiger partial charge < -0.3 is 9.80 Å². The fourth-order valence-corrected chi connectivity index (χ4v) is 2.11. The molecule has 2 heterocycles. The first-order valence-electron chi connectivity index (χ1n) is 6.39. The normalized spacial score (nSPS) is 16.7. The second kappa shape index (κ2) is 4.99. The number of piperazine rings is 1. The number of amides is 2. The molecule has 102 valence electrons. The topological polar surface area (TPSA) is 53.5 Å². The Kier molecular flexibility index (Phi) is 3.55. The molecule has 0 unspecified atom stereocenters. The average molecular weight is 261 g/mol. The Hall–Kier alpha value is -1.91. The van der Waals surface area contributed by atoms with E-state index in [-0.39, 0.29) is 18.4 Å². The van der Waals surface area contributed by atoms with Crippen molar-refractivity contribution in [2.24, 2.45) is 5.41 Å². The van der Waals surface area contributed by atoms with E-state index >= 15 is 0 Å². The fourth-order valence-electron chi connectivity index (χ4n) is 2.11. The van der Waals surface area contributed by atoms with Crippen molar-refractivity contribution in [2.75, 3.05) is 24.5 Å². The highest BCUT2D eigenvalue weighted by atomic mass is 16.2. The van der Waals surface area contributed by atoms with Crippen LogP contribution in [-0.4, -0.2) is 41.3 Å². The highest BCUT2D eigenvalue weighted by Crippen LogP contribution is 2.21. The Morgan fingerprint density at radius 2 is 2.05 bits per heavy atom. The number of hydrogen-bond acceptors (Lipinski definition) is 3. The number of rotatable bonds is 1. The lowest BCUT2D eigenvalue weighted by atomic mass is 9.94. The standard InChI is InChI=1S/C14H19N3O2/c1-14(2,3)13(19)16-7-8-17(12(18)10-16)11-5-4-6-15-9-11/h4-6,9H,7-8,10H2,1-3H3. The summed E-state index contributed by atoms with van der Waals surface area (Å²) in [6, 6.07) is 3.65. The molecule has 2 rings (SSSR count). The fraction of sp³-hybridized carbons (Fsp3) is 0.500. The highest BCUT2D eigenvalue weighted by molar-refractivity contribution is 5.98. The van der Waals surface area contributed by atoms with E-state index in [1.54, 1.807) is 28.3 Å². The molecule has 1 aliphatic rings. The van der Waals surface area contributed by atoms with Gasteiger partial charge in [0.05, 0.1) is 11.9 Å². The van der Waals surface area contributed by atoms with Crippen LogP contribution in [0.5, 0.6) is 0 Å². The van der Waals surface area contributed by atoms with Gasteiger partial charge in [-0.15, -0.1) is 0 Å². The van der Waals surface area contributed by atoms with E-state index in [4.69, 9.17) is 0 Å². The van der Waals surface area contributed by atoms with E-state index in [0.717, 1.165) is 5.69 Å². The maximum absolute atomic E-state index is 12.2. The van der Waals surface area contributed by atoms with Gasteiger partial charge in [-0.2, -0.15) is 0 Å². The summed E-state index contributed by atoms with van der Waals surface area (Å²) in [5, 5.41) is 0. The molecule has 0 bridgehead atoms. The van der Waals surface area contributed by atoms with Crippen LogP contribution < -0.4 is 4.90 Å². The average Bonchev–Trinajstić information content (AvgIpc) is 2.37. The summed E-state index contributed by atoms with van der Waals surface area (Å²) in [5.41, 5.74) is 0.340. The number of carbonyl (C=O) groups excluding carboxylic acids is 2. The predicted molar refractivity (Wildman–Crippen MR) is 72.6 cm³/mol. The molecular formula is C14H19N3O2. The summed E-state index contributed by atoms with van der Waals surface area (Å²) in [5.74, 6) is -0.0384. The van der Waals surface area contributed by atoms with Crippen molar-refractivity contribution in [3.63, 3.8) is 0 Å². The van der Waals surface area contributed by atoms with E-state index in [0.29, 0.717) is 13.1 Å². The summed E-state index contributed by atoms with van der Waals surface area (Å²) in [7, 11) is 0. The van der Waals surface area contributed by atoms with Crippen molar-refractivity contribution in [2.45, 2.75) is 20.8 Å². The minimum Gasteiger partial charge on any atom is -0.331 e. The Labute approximate surface area is 113 Å². The molecule has 1 aromatic heterocycles. The lowest BCUT2D eigenvalue weighted by Crippen LogP contribution is -2.54. The van der Waals surface area contributed by atoms with Gasteiger partial charge in [-0.3, -0.25) is 14.6 Å². The third kappa shape index (κ3) is 2.92. The third-order valence-corrected chi connectivity index (χ3v) is 3.11. The predicted octanol–water partition coefficient (Wildman–Crippen LogP) is 1.30. The molecule has 5 nitrogen and oxygen atoms in total. The SMILES string of the molecule is CC(C)(C)C(=O)N1CCN(c2cccnc2)C(=O)C1. The second-order valence-corrected chi connectivity index (χ2v) is 5.73. The van der Waals surface area contributed by atoms with Crippen LogP contribution in [0.25, 0.3) is 0 Å². The Balaban J connectivity index is 2.07. The summed E-state index contributed by atoms with van der Waals surface area (Å²) >= 11 is 0. The van der Waals surface area contributed by atoms with Gasteiger partial charge in [-0.1, -0.05) is 20.8 Å². The van der Waals surface area contributed by atoms with Crippen LogP contribution in [0, 0.1) is 5.41 Å². The van der Waals surface area contributed by atoms with Crippen molar-refractivity contribution in [3.8, 4) is 0 Å². The molecule has 0 aromatic carbocycles. The molecule has 0 aliphatic carbocycles. The quantitative estimate of drug-likeness (QED) is 0.765. The van der Waals surface area contributed by atoms with Crippen LogP contribution in [0.1, 0.15) is 20.8 Å². The van der Waals surface area contributed by atoms with Crippen molar-refractivity contribution >= 4 is 17.5 Å². The third-order valence-electron chi connectivity index (χ3n) is 3.11. The Morgan fingerprint density at radius 1 is 1.32 bits per heavy atom. The molecule has 0 N–H and O–H groups in total. The van der Waals surface area contributed by atoms with E-state index in [2.05, 4.69) is 4.98 Å². The molecule has 19 heavy (non-hydrogen) atoms. The molecular weight excluding hydrogens is 242 g/mol. The van der Waals surface area contributed by atoms with Crippen molar-refractivity contribution in [1.82, 2.24) is 9.88 Å². The van der Waals surface area contributed by atoms with Gasteiger partial charge in [0.15, 0.2) is 0 Å². The molecule has 0 saturated carbocycles. The molecule has 0 atom stereocenters. The number of nitrogens with zero attached hydrogens (tertiary/aromatic N) is 3. The lowest BCUT2D eigenvalue weighted by molar-refractivity contribution is -0.143. The summed E-state index contributed by atoms with van der Waals surface area (Å²) in [6.45, 7) is 6.84. The van der Waals surface area contributed by atoms with Gasteiger partial charge >= 0.3 is 0 Å². The monoisotopic (exact) mass is 261 g/mol. The summed E-state index contributed by atoms with van der Waals surface area (Å²) in [4.78, 5) is 31.6. The number of pyridine rings is 1. The molecule has 1 aromatic rings. The molecule has 1 saturated heterocycles. The molecule has 1 fully saturated rings. The molecule has 0 radical (unpaired) electrons. The van der Waals surface area contributed by atoms with E-state index in [9.17, 15) is 9.59 Å². The Bertz CT molecular complexity index is 479.